The molecule has 0 unspecified atom stereocenters. The molecule has 4 nitrogen and oxygen atoms in total. The van der Waals surface area contributed by atoms with Gasteiger partial charge in [0.05, 0.1) is 0 Å². The Balaban J connectivity index is -0.0000000384. The zero-order valence-corrected chi connectivity index (χ0v) is 30.8. The smallest absolute Gasteiger partial charge is 0.00474 e. The summed E-state index contributed by atoms with van der Waals surface area (Å²) in [4.78, 5) is 9.50. The highest BCUT2D eigenvalue weighted by molar-refractivity contribution is 8.93. The minimum Gasteiger partial charge on any atom is -0.304 e. The van der Waals surface area contributed by atoms with E-state index in [0.717, 1.165) is 0 Å². The predicted molar refractivity (Wildman–Crippen MR) is 175 cm³/mol. The standard InChI is InChI=1S/4C6H15N.4BrH/c4*1-4-7(5-2)6-3;;;;/h4*4-6H2,1-3H3;4*1H. The van der Waals surface area contributed by atoms with E-state index in [1.807, 2.05) is 0 Å². The molecule has 0 amide bonds. The van der Waals surface area contributed by atoms with E-state index < -0.39 is 0 Å². The van der Waals surface area contributed by atoms with E-state index in [-0.39, 0.29) is 67.9 Å². The van der Waals surface area contributed by atoms with Gasteiger partial charge < -0.3 is 19.6 Å². The van der Waals surface area contributed by atoms with E-state index in [9.17, 15) is 0 Å². The van der Waals surface area contributed by atoms with Crippen molar-refractivity contribution < 1.29 is 0 Å². The van der Waals surface area contributed by atoms with Crippen LogP contribution in [0.5, 0.6) is 0 Å². The van der Waals surface area contributed by atoms with Crippen LogP contribution in [0, 0.1) is 0 Å². The topological polar surface area (TPSA) is 13.0 Å². The summed E-state index contributed by atoms with van der Waals surface area (Å²) in [6.07, 6.45) is 0. The molecule has 0 saturated heterocycles. The molecule has 0 saturated carbocycles. The van der Waals surface area contributed by atoms with Gasteiger partial charge >= 0.3 is 0 Å². The molecule has 208 valence electrons. The lowest BCUT2D eigenvalue weighted by atomic mass is 10.5. The van der Waals surface area contributed by atoms with E-state index in [1.54, 1.807) is 0 Å². The molecule has 0 fully saturated rings. The molecule has 0 aromatic carbocycles. The van der Waals surface area contributed by atoms with Gasteiger partial charge in [-0.15, -0.1) is 67.9 Å². The van der Waals surface area contributed by atoms with Gasteiger partial charge in [0, 0.05) is 0 Å². The maximum Gasteiger partial charge on any atom is -0.00474 e. The van der Waals surface area contributed by atoms with Crippen LogP contribution in [0.15, 0.2) is 0 Å². The second kappa shape index (κ2) is 49.8. The molecule has 0 heterocycles. The highest BCUT2D eigenvalue weighted by atomic mass is 79.9. The fourth-order valence-electron chi connectivity index (χ4n) is 2.68. The maximum absolute atomic E-state index is 2.38. The molecular weight excluding hydrogens is 664 g/mol. The molecule has 0 bridgehead atoms. The molecule has 0 aromatic heterocycles. The lowest BCUT2D eigenvalue weighted by molar-refractivity contribution is 0.321. The minimum atomic E-state index is 0. The lowest BCUT2D eigenvalue weighted by Crippen LogP contribution is -2.21. The molecule has 0 aliphatic carbocycles. The van der Waals surface area contributed by atoms with Crippen molar-refractivity contribution in [1.29, 1.82) is 0 Å². The van der Waals surface area contributed by atoms with Crippen molar-refractivity contribution in [2.24, 2.45) is 0 Å². The number of nitrogens with zero attached hydrogens (tertiary/aromatic N) is 4. The van der Waals surface area contributed by atoms with Crippen LogP contribution in [0.3, 0.4) is 0 Å². The Labute approximate surface area is 247 Å². The van der Waals surface area contributed by atoms with Crippen LogP contribution in [0.2, 0.25) is 0 Å². The normalized spacial score (nSPS) is 9.00. The Morgan fingerprint density at radius 1 is 0.219 bits per heavy atom. The summed E-state index contributed by atoms with van der Waals surface area (Å²) < 4.78 is 0. The largest absolute Gasteiger partial charge is 0.304 e. The number of hydrogen-bond acceptors (Lipinski definition) is 4. The average Bonchev–Trinajstić information content (AvgIpc) is 2.75. The number of rotatable bonds is 12. The molecule has 0 radical (unpaired) electrons. The van der Waals surface area contributed by atoms with Crippen molar-refractivity contribution in [3.8, 4) is 0 Å². The van der Waals surface area contributed by atoms with Crippen molar-refractivity contribution in [3.05, 3.63) is 0 Å². The Morgan fingerprint density at radius 2 is 0.281 bits per heavy atom. The fraction of sp³-hybridized carbons (Fsp3) is 1.00. The van der Waals surface area contributed by atoms with Gasteiger partial charge in [0.1, 0.15) is 0 Å². The molecule has 0 aromatic rings. The van der Waals surface area contributed by atoms with Crippen molar-refractivity contribution in [2.45, 2.75) is 83.1 Å². The van der Waals surface area contributed by atoms with Gasteiger partial charge in [-0.2, -0.15) is 0 Å². The Bertz CT molecular complexity index is 168. The molecule has 0 rings (SSSR count). The van der Waals surface area contributed by atoms with Crippen molar-refractivity contribution in [1.82, 2.24) is 19.6 Å². The van der Waals surface area contributed by atoms with Crippen LogP contribution in [0.4, 0.5) is 0 Å². The van der Waals surface area contributed by atoms with E-state index in [1.165, 1.54) is 78.5 Å². The van der Waals surface area contributed by atoms with E-state index in [2.05, 4.69) is 103 Å². The first-order chi connectivity index (χ1) is 13.4. The molecule has 0 atom stereocenters. The first-order valence-corrected chi connectivity index (χ1v) is 12.3. The summed E-state index contributed by atoms with van der Waals surface area (Å²) in [5.41, 5.74) is 0. The Kier molecular flexibility index (Phi) is 85.0. The molecular formula is C24H64Br4N4. The van der Waals surface area contributed by atoms with Crippen LogP contribution >= 0.6 is 67.9 Å². The van der Waals surface area contributed by atoms with Crippen LogP contribution in [0.25, 0.3) is 0 Å². The number of hydrogen-bond donors (Lipinski definition) is 0. The highest BCUT2D eigenvalue weighted by Crippen LogP contribution is 1.83. The molecule has 0 aliphatic heterocycles. The molecule has 0 N–H and O–H groups in total. The fourth-order valence-corrected chi connectivity index (χ4v) is 2.68. The summed E-state index contributed by atoms with van der Waals surface area (Å²) in [6.45, 7) is 40.5. The summed E-state index contributed by atoms with van der Waals surface area (Å²) >= 11 is 0. The average molecular weight is 728 g/mol. The van der Waals surface area contributed by atoms with Gasteiger partial charge in [-0.05, 0) is 78.5 Å². The van der Waals surface area contributed by atoms with Crippen LogP contribution in [-0.4, -0.2) is 98.1 Å². The first kappa shape index (κ1) is 54.6. The summed E-state index contributed by atoms with van der Waals surface area (Å²) in [5.74, 6) is 0. The van der Waals surface area contributed by atoms with Gasteiger partial charge in [-0.25, -0.2) is 0 Å². The Hall–Kier alpha value is 1.76. The second-order valence-electron chi connectivity index (χ2n) is 6.48. The third-order valence-corrected chi connectivity index (χ3v) is 5.37. The zero-order chi connectivity index (χ0) is 22.8. The van der Waals surface area contributed by atoms with Crippen LogP contribution < -0.4 is 0 Å². The third kappa shape index (κ3) is 45.3. The SMILES string of the molecule is Br.Br.Br.Br.CCN(CC)CC.CCN(CC)CC.CCN(CC)CC.CCN(CC)CC. The predicted octanol–water partition coefficient (Wildman–Crippen LogP) is 7.70. The van der Waals surface area contributed by atoms with Crippen molar-refractivity contribution >= 4 is 67.9 Å². The van der Waals surface area contributed by atoms with Gasteiger partial charge in [0.25, 0.3) is 0 Å². The van der Waals surface area contributed by atoms with E-state index in [4.69, 9.17) is 0 Å². The monoisotopic (exact) mass is 724 g/mol. The lowest BCUT2D eigenvalue weighted by Gasteiger charge is -2.13. The van der Waals surface area contributed by atoms with Gasteiger partial charge in [0.2, 0.25) is 0 Å². The van der Waals surface area contributed by atoms with Crippen molar-refractivity contribution in [3.63, 3.8) is 0 Å². The number of halogens is 4. The molecule has 32 heavy (non-hydrogen) atoms. The maximum atomic E-state index is 2.38. The van der Waals surface area contributed by atoms with Crippen LogP contribution in [-0.2, 0) is 0 Å². The van der Waals surface area contributed by atoms with Gasteiger partial charge in [0.15, 0.2) is 0 Å². The summed E-state index contributed by atoms with van der Waals surface area (Å²) in [7, 11) is 0. The minimum absolute atomic E-state index is 0. The molecule has 0 aliphatic rings. The van der Waals surface area contributed by atoms with E-state index >= 15 is 0 Å². The van der Waals surface area contributed by atoms with Gasteiger partial charge in [-0.3, -0.25) is 0 Å². The summed E-state index contributed by atoms with van der Waals surface area (Å²) in [6, 6.07) is 0. The summed E-state index contributed by atoms with van der Waals surface area (Å²) in [5, 5.41) is 0. The highest BCUT2D eigenvalue weighted by Gasteiger charge is 1.91. The molecule has 0 spiro atoms. The van der Waals surface area contributed by atoms with Gasteiger partial charge in [-0.1, -0.05) is 83.1 Å². The quantitative estimate of drug-likeness (QED) is 0.204. The van der Waals surface area contributed by atoms with Crippen LogP contribution in [0.1, 0.15) is 83.1 Å². The van der Waals surface area contributed by atoms with E-state index in [0.29, 0.717) is 0 Å². The van der Waals surface area contributed by atoms with Crippen molar-refractivity contribution in [2.75, 3.05) is 78.5 Å². The first-order valence-electron chi connectivity index (χ1n) is 12.3. The zero-order valence-electron chi connectivity index (χ0n) is 23.9. The Morgan fingerprint density at radius 3 is 0.281 bits per heavy atom. The molecule has 8 heteroatoms. The second-order valence-corrected chi connectivity index (χ2v) is 6.48. The third-order valence-electron chi connectivity index (χ3n) is 5.37.